The van der Waals surface area contributed by atoms with Gasteiger partial charge in [0.25, 0.3) is 0 Å². The highest BCUT2D eigenvalue weighted by Gasteiger charge is 2.40. The van der Waals surface area contributed by atoms with Crippen LogP contribution >= 0.6 is 0 Å². The second kappa shape index (κ2) is 6.53. The molecule has 1 aromatic heterocycles. The molecule has 2 aromatic rings. The summed E-state index contributed by atoms with van der Waals surface area (Å²) >= 11 is 0. The Bertz CT molecular complexity index is 939. The first-order valence-electron chi connectivity index (χ1n) is 9.80. The molecule has 28 heavy (non-hydrogen) atoms. The summed E-state index contributed by atoms with van der Waals surface area (Å²) < 4.78 is 11.7. The number of anilines is 1. The van der Waals surface area contributed by atoms with Gasteiger partial charge < -0.3 is 19.5 Å². The largest absolute Gasteiger partial charge is 0.488 e. The summed E-state index contributed by atoms with van der Waals surface area (Å²) in [7, 11) is 0. The maximum absolute atomic E-state index is 9.84. The fourth-order valence-electron chi connectivity index (χ4n) is 3.58. The third-order valence-corrected chi connectivity index (χ3v) is 5.62. The van der Waals surface area contributed by atoms with Crippen LogP contribution in [0.25, 0.3) is 0 Å². The minimum absolute atomic E-state index is 0.00586. The molecule has 1 saturated heterocycles. The molecule has 3 aliphatic rings. The van der Waals surface area contributed by atoms with Crippen molar-refractivity contribution in [1.82, 2.24) is 9.97 Å². The van der Waals surface area contributed by atoms with E-state index in [2.05, 4.69) is 32.9 Å². The molecule has 2 aliphatic heterocycles. The highest BCUT2D eigenvalue weighted by atomic mass is 16.5. The van der Waals surface area contributed by atoms with Gasteiger partial charge in [-0.05, 0) is 44.9 Å². The van der Waals surface area contributed by atoms with Crippen molar-refractivity contribution in [3.63, 3.8) is 0 Å². The van der Waals surface area contributed by atoms with E-state index in [1.165, 1.54) is 0 Å². The van der Waals surface area contributed by atoms with E-state index < -0.39 is 6.10 Å². The Morgan fingerprint density at radius 3 is 2.93 bits per heavy atom. The first kappa shape index (κ1) is 17.6. The molecule has 1 aliphatic carbocycles. The number of hydrogen-bond acceptors (Lipinski definition) is 7. The van der Waals surface area contributed by atoms with Crippen LogP contribution in [0.2, 0.25) is 0 Å². The summed E-state index contributed by atoms with van der Waals surface area (Å²) in [5.74, 6) is 1.71. The van der Waals surface area contributed by atoms with Gasteiger partial charge in [-0.2, -0.15) is 0 Å². The lowest BCUT2D eigenvalue weighted by Gasteiger charge is -2.35. The van der Waals surface area contributed by atoms with Crippen LogP contribution in [0.15, 0.2) is 35.6 Å². The number of ether oxygens (including phenoxy) is 2. The smallest absolute Gasteiger partial charge is 0.132 e. The predicted molar refractivity (Wildman–Crippen MR) is 106 cm³/mol. The van der Waals surface area contributed by atoms with E-state index >= 15 is 0 Å². The number of nitrogens with zero attached hydrogens (tertiary/aromatic N) is 4. The topological polar surface area (TPSA) is 80.1 Å². The zero-order valence-corrected chi connectivity index (χ0v) is 16.1. The van der Waals surface area contributed by atoms with Crippen molar-refractivity contribution in [1.29, 1.82) is 0 Å². The predicted octanol–water partition coefficient (Wildman–Crippen LogP) is 2.48. The minimum Gasteiger partial charge on any atom is -0.488 e. The van der Waals surface area contributed by atoms with Gasteiger partial charge in [0.05, 0.1) is 29.8 Å². The average Bonchev–Trinajstić information content (AvgIpc) is 3.41. The van der Waals surface area contributed by atoms with E-state index in [9.17, 15) is 5.11 Å². The normalized spacial score (nSPS) is 23.3. The van der Waals surface area contributed by atoms with E-state index in [0.29, 0.717) is 13.2 Å². The second-order valence-electron chi connectivity index (χ2n) is 8.05. The summed E-state index contributed by atoms with van der Waals surface area (Å²) in [6, 6.07) is 8.00. The first-order chi connectivity index (χ1) is 13.5. The lowest BCUT2D eigenvalue weighted by Crippen LogP contribution is -2.47. The maximum atomic E-state index is 9.84. The Balaban J connectivity index is 1.37. The Hall–Kier alpha value is -2.51. The van der Waals surface area contributed by atoms with Gasteiger partial charge in [0.2, 0.25) is 0 Å². The molecule has 7 heteroatoms. The van der Waals surface area contributed by atoms with E-state index in [0.717, 1.165) is 53.6 Å². The Labute approximate surface area is 164 Å². The summed E-state index contributed by atoms with van der Waals surface area (Å²) in [6.45, 7) is 5.80. The van der Waals surface area contributed by atoms with Crippen molar-refractivity contribution in [2.75, 3.05) is 24.6 Å². The molecule has 2 fully saturated rings. The number of aliphatic imine (C=N–C) groups is 1. The number of morpholine rings is 1. The quantitative estimate of drug-likeness (QED) is 0.733. The number of hydrogen-bond donors (Lipinski definition) is 1. The summed E-state index contributed by atoms with van der Waals surface area (Å²) in [5, 5.41) is 9.84. The molecule has 0 amide bonds. The fraction of sp³-hybridized carbons (Fsp3) is 0.476. The molecular formula is C21H24N4O3. The lowest BCUT2D eigenvalue weighted by atomic mass is 9.98. The van der Waals surface area contributed by atoms with Gasteiger partial charge in [-0.3, -0.25) is 0 Å². The monoisotopic (exact) mass is 380 g/mol. The zero-order chi connectivity index (χ0) is 19.3. The number of rotatable bonds is 5. The SMILES string of the molecule is CC(O)C1CN(c2cc(C3=Nc4ccc(OC5(C)CC5)cc43)ncn2)CCO1. The number of aliphatic hydroxyl groups is 1. The highest BCUT2D eigenvalue weighted by Crippen LogP contribution is 2.42. The number of aromatic nitrogens is 2. The number of benzene rings is 1. The van der Waals surface area contributed by atoms with Gasteiger partial charge in [0.1, 0.15) is 29.6 Å². The molecule has 0 radical (unpaired) electrons. The molecule has 146 valence electrons. The van der Waals surface area contributed by atoms with Crippen LogP contribution in [0.4, 0.5) is 11.5 Å². The van der Waals surface area contributed by atoms with E-state index in [-0.39, 0.29) is 11.7 Å². The molecule has 2 unspecified atom stereocenters. The molecule has 0 spiro atoms. The summed E-state index contributed by atoms with van der Waals surface area (Å²) in [4.78, 5) is 15.6. The zero-order valence-electron chi connectivity index (χ0n) is 16.1. The second-order valence-corrected chi connectivity index (χ2v) is 8.05. The molecule has 0 bridgehead atoms. The van der Waals surface area contributed by atoms with Gasteiger partial charge in [-0.25, -0.2) is 15.0 Å². The highest BCUT2D eigenvalue weighted by molar-refractivity contribution is 6.21. The summed E-state index contributed by atoms with van der Waals surface area (Å²) in [6.07, 6.45) is 3.06. The molecule has 1 aromatic carbocycles. The molecule has 3 heterocycles. The van der Waals surface area contributed by atoms with Gasteiger partial charge in [0, 0.05) is 24.7 Å². The molecule has 5 rings (SSSR count). The van der Waals surface area contributed by atoms with Crippen LogP contribution < -0.4 is 9.64 Å². The van der Waals surface area contributed by atoms with E-state index in [1.807, 2.05) is 18.2 Å². The van der Waals surface area contributed by atoms with E-state index in [1.54, 1.807) is 13.3 Å². The third-order valence-electron chi connectivity index (χ3n) is 5.62. The fourth-order valence-corrected chi connectivity index (χ4v) is 3.58. The van der Waals surface area contributed by atoms with Crippen LogP contribution in [-0.4, -0.2) is 58.3 Å². The van der Waals surface area contributed by atoms with Crippen LogP contribution in [0.1, 0.15) is 37.9 Å². The lowest BCUT2D eigenvalue weighted by molar-refractivity contribution is -0.0366. The van der Waals surface area contributed by atoms with Crippen LogP contribution in [0.5, 0.6) is 5.75 Å². The van der Waals surface area contributed by atoms with Gasteiger partial charge in [-0.1, -0.05) is 0 Å². The maximum Gasteiger partial charge on any atom is 0.132 e. The number of aliphatic hydroxyl groups excluding tert-OH is 1. The Morgan fingerprint density at radius 2 is 2.14 bits per heavy atom. The molecular weight excluding hydrogens is 356 g/mol. The third kappa shape index (κ3) is 3.25. The van der Waals surface area contributed by atoms with Crippen LogP contribution in [0.3, 0.4) is 0 Å². The van der Waals surface area contributed by atoms with Gasteiger partial charge >= 0.3 is 0 Å². The standard InChI is InChI=1S/C21H24N4O3/c1-13(26)18-11-25(7-8-27-18)19-10-17(22-12-23-19)20-15-9-14(3-4-16(15)24-20)28-21(2)5-6-21/h3-4,9-10,12-13,18,26H,5-8,11H2,1-2H3. The van der Waals surface area contributed by atoms with Crippen molar-refractivity contribution in [2.45, 2.75) is 44.5 Å². The van der Waals surface area contributed by atoms with Crippen molar-refractivity contribution in [2.24, 2.45) is 4.99 Å². The van der Waals surface area contributed by atoms with Gasteiger partial charge in [0.15, 0.2) is 0 Å². The first-order valence-corrected chi connectivity index (χ1v) is 9.80. The number of fused-ring (bicyclic) bond motifs is 1. The van der Waals surface area contributed by atoms with Crippen molar-refractivity contribution >= 4 is 17.2 Å². The van der Waals surface area contributed by atoms with Crippen LogP contribution in [0, 0.1) is 0 Å². The van der Waals surface area contributed by atoms with Crippen LogP contribution in [-0.2, 0) is 4.74 Å². The molecule has 1 N–H and O–H groups in total. The van der Waals surface area contributed by atoms with Crippen molar-refractivity contribution in [3.8, 4) is 5.75 Å². The van der Waals surface area contributed by atoms with E-state index in [4.69, 9.17) is 9.47 Å². The van der Waals surface area contributed by atoms with Crippen molar-refractivity contribution < 1.29 is 14.6 Å². The molecule has 2 atom stereocenters. The minimum atomic E-state index is -0.515. The molecule has 7 nitrogen and oxygen atoms in total. The van der Waals surface area contributed by atoms with Gasteiger partial charge in [-0.15, -0.1) is 0 Å². The summed E-state index contributed by atoms with van der Waals surface area (Å²) in [5.41, 5.74) is 3.69. The Morgan fingerprint density at radius 1 is 1.29 bits per heavy atom. The average molecular weight is 380 g/mol. The molecule has 1 saturated carbocycles. The van der Waals surface area contributed by atoms with Crippen molar-refractivity contribution in [3.05, 3.63) is 41.9 Å². The Kier molecular flexibility index (Phi) is 4.10.